The first-order valence-corrected chi connectivity index (χ1v) is 9.17. The number of hydrogen-bond acceptors (Lipinski definition) is 6. The van der Waals surface area contributed by atoms with Crippen molar-refractivity contribution < 1.29 is 27.1 Å². The topological polar surface area (TPSA) is 93.7 Å². The Morgan fingerprint density at radius 1 is 1.03 bits per heavy atom. The average molecular weight is 445 g/mol. The van der Waals surface area contributed by atoms with Gasteiger partial charge in [0.05, 0.1) is 0 Å². The number of halogens is 4. The number of guanidine groups is 1. The molecule has 2 aromatic carbocycles. The van der Waals surface area contributed by atoms with Crippen LogP contribution in [-0.2, 0) is 10.3 Å². The lowest BCUT2D eigenvalue weighted by Crippen LogP contribution is -2.41. The molecule has 0 spiro atoms. The minimum atomic E-state index is -4.87. The largest absolute Gasteiger partial charge is 0.573 e. The summed E-state index contributed by atoms with van der Waals surface area (Å²) in [4.78, 5) is 26.5. The first kappa shape index (κ1) is 21.2. The van der Waals surface area contributed by atoms with E-state index in [4.69, 9.17) is 5.73 Å². The number of aliphatic imine (C=N–C) groups is 1. The lowest BCUT2D eigenvalue weighted by Gasteiger charge is -2.27. The minimum Gasteiger partial charge on any atom is -0.406 e. The van der Waals surface area contributed by atoms with Crippen molar-refractivity contribution in [1.29, 1.82) is 0 Å². The van der Waals surface area contributed by atoms with Crippen molar-refractivity contribution in [1.82, 2.24) is 14.9 Å². The van der Waals surface area contributed by atoms with E-state index in [1.54, 1.807) is 0 Å². The van der Waals surface area contributed by atoms with E-state index in [2.05, 4.69) is 19.7 Å². The van der Waals surface area contributed by atoms with Crippen LogP contribution in [0.2, 0.25) is 0 Å². The zero-order valence-electron chi connectivity index (χ0n) is 16.5. The number of rotatable bonds is 4. The van der Waals surface area contributed by atoms with Gasteiger partial charge in [0, 0.05) is 30.6 Å². The Morgan fingerprint density at radius 2 is 1.66 bits per heavy atom. The van der Waals surface area contributed by atoms with Crippen molar-refractivity contribution in [3.05, 3.63) is 78.1 Å². The van der Waals surface area contributed by atoms with E-state index < -0.39 is 29.4 Å². The molecule has 1 amide bonds. The van der Waals surface area contributed by atoms with Gasteiger partial charge in [0.25, 0.3) is 5.91 Å². The SMILES string of the molecule is CN1C(=O)[C@@](c2ccc(OC(F)(F)F)cc2)(c2ccc(F)c(-c3cncnc3)c2)N=C1N. The summed E-state index contributed by atoms with van der Waals surface area (Å²) in [5.74, 6) is -1.70. The van der Waals surface area contributed by atoms with Gasteiger partial charge in [-0.2, -0.15) is 0 Å². The molecule has 1 aliphatic rings. The molecule has 3 aromatic rings. The maximum Gasteiger partial charge on any atom is 0.573 e. The van der Waals surface area contributed by atoms with E-state index in [1.165, 1.54) is 50.0 Å². The second-order valence-corrected chi connectivity index (χ2v) is 6.94. The molecule has 32 heavy (non-hydrogen) atoms. The molecule has 0 radical (unpaired) electrons. The zero-order chi connectivity index (χ0) is 23.1. The van der Waals surface area contributed by atoms with E-state index in [9.17, 15) is 22.4 Å². The second kappa shape index (κ2) is 7.59. The first-order chi connectivity index (χ1) is 15.1. The highest BCUT2D eigenvalue weighted by Crippen LogP contribution is 2.41. The van der Waals surface area contributed by atoms with Crippen LogP contribution in [0.4, 0.5) is 17.6 Å². The molecule has 11 heteroatoms. The summed E-state index contributed by atoms with van der Waals surface area (Å²) in [6.07, 6.45) is -0.761. The van der Waals surface area contributed by atoms with Crippen molar-refractivity contribution >= 4 is 11.9 Å². The van der Waals surface area contributed by atoms with Gasteiger partial charge in [0.2, 0.25) is 0 Å². The number of nitrogens with zero attached hydrogens (tertiary/aromatic N) is 4. The lowest BCUT2D eigenvalue weighted by molar-refractivity contribution is -0.274. The van der Waals surface area contributed by atoms with Crippen molar-refractivity contribution in [3.8, 4) is 16.9 Å². The van der Waals surface area contributed by atoms with Gasteiger partial charge in [-0.15, -0.1) is 13.2 Å². The van der Waals surface area contributed by atoms with E-state index in [1.807, 2.05) is 0 Å². The highest BCUT2D eigenvalue weighted by atomic mass is 19.4. The molecule has 1 aromatic heterocycles. The predicted octanol–water partition coefficient (Wildman–Crippen LogP) is 3.21. The molecule has 1 atom stereocenters. The van der Waals surface area contributed by atoms with Crippen LogP contribution < -0.4 is 10.5 Å². The van der Waals surface area contributed by atoms with Gasteiger partial charge in [-0.3, -0.25) is 9.69 Å². The van der Waals surface area contributed by atoms with Crippen molar-refractivity contribution in [2.45, 2.75) is 11.9 Å². The zero-order valence-corrected chi connectivity index (χ0v) is 16.5. The summed E-state index contributed by atoms with van der Waals surface area (Å²) in [5, 5.41) is 0. The van der Waals surface area contributed by atoms with Crippen LogP contribution in [0, 0.1) is 5.82 Å². The van der Waals surface area contributed by atoms with Gasteiger partial charge < -0.3 is 10.5 Å². The number of carbonyl (C=O) groups excluding carboxylic acids is 1. The number of amides is 1. The Balaban J connectivity index is 1.88. The van der Waals surface area contributed by atoms with Crippen LogP contribution in [0.3, 0.4) is 0 Å². The normalized spacial score (nSPS) is 18.6. The number of alkyl halides is 3. The molecule has 0 saturated heterocycles. The van der Waals surface area contributed by atoms with Crippen molar-refractivity contribution in [2.24, 2.45) is 10.7 Å². The molecular weight excluding hydrogens is 430 g/mol. The van der Waals surface area contributed by atoms with Gasteiger partial charge in [-0.05, 0) is 35.4 Å². The van der Waals surface area contributed by atoms with Gasteiger partial charge in [0.15, 0.2) is 11.5 Å². The standard InChI is InChI=1S/C21H15F4N5O2/c1-30-18(31)20(29-19(30)26,13-2-5-15(6-3-13)32-21(23,24)25)14-4-7-17(22)16(8-14)12-9-27-11-28-10-12/h2-11H,1H3,(H2,26,29)/t20-/m1/s1. The smallest absolute Gasteiger partial charge is 0.406 e. The Morgan fingerprint density at radius 3 is 2.22 bits per heavy atom. The van der Waals surface area contributed by atoms with Crippen LogP contribution >= 0.6 is 0 Å². The Kier molecular flexibility index (Phi) is 5.03. The predicted molar refractivity (Wildman–Crippen MR) is 106 cm³/mol. The Labute approximate surface area is 179 Å². The number of carbonyl (C=O) groups is 1. The lowest BCUT2D eigenvalue weighted by atomic mass is 9.81. The highest BCUT2D eigenvalue weighted by Gasteiger charge is 2.49. The molecule has 2 N–H and O–H groups in total. The summed E-state index contributed by atoms with van der Waals surface area (Å²) < 4.78 is 56.1. The number of ether oxygens (including phenoxy) is 1. The number of likely N-dealkylation sites (N-methyl/N-ethyl adjacent to an activating group) is 1. The molecule has 7 nitrogen and oxygen atoms in total. The minimum absolute atomic E-state index is 0.0977. The van der Waals surface area contributed by atoms with Gasteiger partial charge >= 0.3 is 6.36 Å². The molecule has 0 fully saturated rings. The molecule has 164 valence electrons. The number of aromatic nitrogens is 2. The summed E-state index contributed by atoms with van der Waals surface area (Å²) in [6.45, 7) is 0. The Hall–Kier alpha value is -4.02. The third kappa shape index (κ3) is 3.61. The van der Waals surface area contributed by atoms with Crippen LogP contribution in [0.5, 0.6) is 5.75 Å². The van der Waals surface area contributed by atoms with Crippen LogP contribution in [0.15, 0.2) is 66.2 Å². The third-order valence-electron chi connectivity index (χ3n) is 5.00. The molecule has 0 bridgehead atoms. The monoisotopic (exact) mass is 445 g/mol. The van der Waals surface area contributed by atoms with Gasteiger partial charge in [-0.1, -0.05) is 18.2 Å². The summed E-state index contributed by atoms with van der Waals surface area (Å²) in [7, 11) is 1.42. The quantitative estimate of drug-likeness (QED) is 0.623. The summed E-state index contributed by atoms with van der Waals surface area (Å²) in [6, 6.07) is 8.65. The van der Waals surface area contributed by atoms with E-state index in [0.29, 0.717) is 5.56 Å². The molecule has 2 heterocycles. The maximum atomic E-state index is 14.6. The van der Waals surface area contributed by atoms with Gasteiger partial charge in [-0.25, -0.2) is 19.4 Å². The molecule has 0 saturated carbocycles. The number of benzene rings is 2. The average Bonchev–Trinajstić information content (AvgIpc) is 2.99. The maximum absolute atomic E-state index is 14.6. The number of nitrogens with two attached hydrogens (primary N) is 1. The van der Waals surface area contributed by atoms with E-state index in [-0.39, 0.29) is 22.6 Å². The van der Waals surface area contributed by atoms with E-state index in [0.717, 1.165) is 23.1 Å². The van der Waals surface area contributed by atoms with Crippen molar-refractivity contribution in [3.63, 3.8) is 0 Å². The van der Waals surface area contributed by atoms with E-state index >= 15 is 0 Å². The summed E-state index contributed by atoms with van der Waals surface area (Å²) >= 11 is 0. The summed E-state index contributed by atoms with van der Waals surface area (Å²) in [5.41, 5.74) is 5.15. The molecule has 1 aliphatic heterocycles. The third-order valence-corrected chi connectivity index (χ3v) is 5.00. The molecule has 4 rings (SSSR count). The highest BCUT2D eigenvalue weighted by molar-refractivity contribution is 6.09. The fraction of sp³-hybridized carbons (Fsp3) is 0.143. The fourth-order valence-electron chi connectivity index (χ4n) is 3.49. The number of hydrogen-bond donors (Lipinski definition) is 1. The molecular formula is C21H15F4N5O2. The van der Waals surface area contributed by atoms with Crippen LogP contribution in [0.1, 0.15) is 11.1 Å². The van der Waals surface area contributed by atoms with Crippen molar-refractivity contribution in [2.75, 3.05) is 7.05 Å². The molecule has 0 aliphatic carbocycles. The molecule has 0 unspecified atom stereocenters. The van der Waals surface area contributed by atoms with Crippen LogP contribution in [0.25, 0.3) is 11.1 Å². The van der Waals surface area contributed by atoms with Gasteiger partial charge in [0.1, 0.15) is 17.9 Å². The fourth-order valence-corrected chi connectivity index (χ4v) is 3.49. The second-order valence-electron chi connectivity index (χ2n) is 6.94. The first-order valence-electron chi connectivity index (χ1n) is 9.17. The van der Waals surface area contributed by atoms with Crippen LogP contribution in [-0.4, -0.2) is 40.1 Å². The Bertz CT molecular complexity index is 1200.